The van der Waals surface area contributed by atoms with Gasteiger partial charge in [0.05, 0.1) is 15.9 Å². The molecule has 3 N–H and O–H groups in total. The first-order chi connectivity index (χ1) is 14.4. The third-order valence-electron chi connectivity index (χ3n) is 5.62. The first kappa shape index (κ1) is 25.4. The maximum Gasteiger partial charge on any atom is 0.219 e. The lowest BCUT2D eigenvalue weighted by atomic mass is 9.88. The summed E-state index contributed by atoms with van der Waals surface area (Å²) in [4.78, 5) is 18.4. The van der Waals surface area contributed by atoms with Crippen LogP contribution in [0.5, 0.6) is 5.75 Å². The Balaban J connectivity index is 0.00000111. The number of nitrogens with two attached hydrogens (primary N) is 1. The summed E-state index contributed by atoms with van der Waals surface area (Å²) >= 11 is 7.09. The molecular weight excluding hydrogens is 522 g/mol. The van der Waals surface area contributed by atoms with Crippen LogP contribution in [0.15, 0.2) is 32.8 Å². The Morgan fingerprint density at radius 2 is 1.77 bits per heavy atom. The predicted molar refractivity (Wildman–Crippen MR) is 135 cm³/mol. The van der Waals surface area contributed by atoms with E-state index in [0.29, 0.717) is 23.2 Å². The number of carbonyl (C=O) groups excluding carboxylic acids is 1. The number of phenolic OH excluding ortho intramolecular Hbond substituents is 1. The molecule has 31 heavy (non-hydrogen) atoms. The molecule has 0 saturated carbocycles. The third-order valence-corrected chi connectivity index (χ3v) is 6.91. The van der Waals surface area contributed by atoms with Crippen molar-refractivity contribution in [3.8, 4) is 5.75 Å². The fourth-order valence-corrected chi connectivity index (χ4v) is 5.17. The van der Waals surface area contributed by atoms with E-state index in [4.69, 9.17) is 10.7 Å². The number of pyridine rings is 1. The van der Waals surface area contributed by atoms with Gasteiger partial charge < -0.3 is 15.7 Å². The van der Waals surface area contributed by atoms with E-state index in [0.717, 1.165) is 52.5 Å². The number of likely N-dealkylation sites (tertiary alicyclic amines) is 1. The molecule has 0 radical (unpaired) electrons. The molecule has 0 bridgehead atoms. The molecule has 5 nitrogen and oxygen atoms in total. The van der Waals surface area contributed by atoms with Crippen LogP contribution in [-0.2, 0) is 17.6 Å². The molecule has 168 valence electrons. The Labute approximate surface area is 202 Å². The summed E-state index contributed by atoms with van der Waals surface area (Å²) in [5, 5.41) is 10.4. The number of halogens is 2. The van der Waals surface area contributed by atoms with Crippen LogP contribution in [0.4, 0.5) is 5.69 Å². The number of aromatic nitrogens is 1. The molecule has 2 heterocycles. The second-order valence-electron chi connectivity index (χ2n) is 7.30. The summed E-state index contributed by atoms with van der Waals surface area (Å²) in [6, 6.07) is 3.99. The highest BCUT2D eigenvalue weighted by Crippen LogP contribution is 2.45. The van der Waals surface area contributed by atoms with Crippen molar-refractivity contribution in [1.82, 2.24) is 9.88 Å². The Bertz CT molecular complexity index is 1010. The molecule has 1 aliphatic carbocycles. The average molecular weight is 553 g/mol. The normalized spacial score (nSPS) is 15.1. The van der Waals surface area contributed by atoms with Crippen molar-refractivity contribution in [2.45, 2.75) is 53.9 Å². The largest absolute Gasteiger partial charge is 0.505 e. The van der Waals surface area contributed by atoms with Crippen LogP contribution in [0.3, 0.4) is 0 Å². The van der Waals surface area contributed by atoms with E-state index in [2.05, 4.69) is 37.9 Å². The van der Waals surface area contributed by atoms with Crippen LogP contribution < -0.4 is 5.73 Å². The van der Waals surface area contributed by atoms with Crippen LogP contribution in [0.1, 0.15) is 63.4 Å². The minimum atomic E-state index is 0. The average Bonchev–Trinajstić information content (AvgIpc) is 2.90. The first-order valence-corrected chi connectivity index (χ1v) is 11.9. The number of rotatable bonds is 0. The van der Waals surface area contributed by atoms with Gasteiger partial charge in [0.2, 0.25) is 5.91 Å². The van der Waals surface area contributed by atoms with E-state index >= 15 is 0 Å². The molecule has 1 saturated heterocycles. The van der Waals surface area contributed by atoms with Crippen LogP contribution in [0.2, 0.25) is 0 Å². The van der Waals surface area contributed by atoms with Gasteiger partial charge in [-0.15, -0.1) is 0 Å². The smallest absolute Gasteiger partial charge is 0.219 e. The third kappa shape index (κ3) is 4.98. The molecule has 0 spiro atoms. The van der Waals surface area contributed by atoms with Gasteiger partial charge in [-0.2, -0.15) is 0 Å². The minimum Gasteiger partial charge on any atom is -0.505 e. The summed E-state index contributed by atoms with van der Waals surface area (Å²) < 4.78 is 1.61. The van der Waals surface area contributed by atoms with Crippen molar-refractivity contribution < 1.29 is 9.90 Å². The number of phenols is 1. The van der Waals surface area contributed by atoms with Crippen molar-refractivity contribution in [2.24, 2.45) is 0 Å². The van der Waals surface area contributed by atoms with Gasteiger partial charge in [-0.25, -0.2) is 0 Å². The number of nitrogens with zero attached hydrogens (tertiary/aromatic N) is 2. The number of nitrogen functional groups attached to an aromatic ring is 1. The second-order valence-corrected chi connectivity index (χ2v) is 9.01. The zero-order valence-electron chi connectivity index (χ0n) is 17.6. The molecular formula is C24H31Br2N3O2. The second kappa shape index (κ2) is 10.6. The number of hydrogen-bond acceptors (Lipinski definition) is 4. The zero-order valence-corrected chi connectivity index (χ0v) is 20.7. The Hall–Kier alpha value is -1.86. The number of aryl methyl sites for hydroxylation is 1. The summed E-state index contributed by atoms with van der Waals surface area (Å²) in [5.41, 5.74) is 13.1. The lowest BCUT2D eigenvalue weighted by Gasteiger charge is -2.29. The van der Waals surface area contributed by atoms with Crippen LogP contribution in [0, 0.1) is 0 Å². The van der Waals surface area contributed by atoms with Gasteiger partial charge in [-0.05, 0) is 86.4 Å². The molecule has 1 amide bonds. The molecule has 2 aromatic rings. The van der Waals surface area contributed by atoms with Crippen molar-refractivity contribution in [3.63, 3.8) is 0 Å². The number of anilines is 1. The molecule has 1 fully saturated rings. The number of benzene rings is 1. The van der Waals surface area contributed by atoms with Gasteiger partial charge in [0.25, 0.3) is 0 Å². The maximum absolute atomic E-state index is 11.7. The van der Waals surface area contributed by atoms with Gasteiger partial charge in [0.15, 0.2) is 5.75 Å². The van der Waals surface area contributed by atoms with Crippen LogP contribution in [0.25, 0.3) is 5.57 Å². The van der Waals surface area contributed by atoms with Gasteiger partial charge in [0.1, 0.15) is 0 Å². The standard InChI is InChI=1S/C21H21Br2N3O2.C2H6.CH4/c1-11(27)26-6-4-12(5-7-26)18-16-9-17(24)21(28)19(23)15(16)3-2-13-8-14(22)10-25-20(13)18;1-2;/h8-10,28H,2-7,24H2,1H3;1-2H3;1H4. The molecule has 0 atom stereocenters. The number of fused-ring (bicyclic) bond motifs is 2. The van der Waals surface area contributed by atoms with Gasteiger partial charge in [-0.1, -0.05) is 26.8 Å². The van der Waals surface area contributed by atoms with E-state index in [9.17, 15) is 9.90 Å². The maximum atomic E-state index is 11.7. The van der Waals surface area contributed by atoms with Crippen molar-refractivity contribution in [2.75, 3.05) is 18.8 Å². The van der Waals surface area contributed by atoms with Crippen LogP contribution >= 0.6 is 31.9 Å². The number of piperidine rings is 1. The fraction of sp³-hybridized carbons (Fsp3) is 0.417. The van der Waals surface area contributed by atoms with Gasteiger partial charge in [-0.3, -0.25) is 9.78 Å². The van der Waals surface area contributed by atoms with Gasteiger partial charge >= 0.3 is 0 Å². The molecule has 1 aromatic heterocycles. The highest BCUT2D eigenvalue weighted by Gasteiger charge is 2.28. The molecule has 1 aliphatic heterocycles. The van der Waals surface area contributed by atoms with E-state index < -0.39 is 0 Å². The summed E-state index contributed by atoms with van der Waals surface area (Å²) in [6.45, 7) is 7.04. The molecule has 1 aromatic carbocycles. The van der Waals surface area contributed by atoms with Gasteiger partial charge in [0, 0.05) is 36.3 Å². The quantitative estimate of drug-likeness (QED) is 0.306. The van der Waals surface area contributed by atoms with E-state index in [1.54, 1.807) is 6.92 Å². The lowest BCUT2D eigenvalue weighted by molar-refractivity contribution is -0.129. The molecule has 2 aliphatic rings. The molecule has 0 unspecified atom stereocenters. The summed E-state index contributed by atoms with van der Waals surface area (Å²) in [5.74, 6) is 0.208. The lowest BCUT2D eigenvalue weighted by Crippen LogP contribution is -2.34. The summed E-state index contributed by atoms with van der Waals surface area (Å²) in [7, 11) is 0. The summed E-state index contributed by atoms with van der Waals surface area (Å²) in [6.07, 6.45) is 5.06. The first-order valence-electron chi connectivity index (χ1n) is 10.3. The van der Waals surface area contributed by atoms with Crippen molar-refractivity contribution in [3.05, 3.63) is 55.2 Å². The Morgan fingerprint density at radius 1 is 1.13 bits per heavy atom. The number of hydrogen-bond donors (Lipinski definition) is 2. The number of aromatic hydroxyl groups is 1. The molecule has 7 heteroatoms. The zero-order chi connectivity index (χ0) is 22.0. The number of amides is 1. The monoisotopic (exact) mass is 551 g/mol. The highest BCUT2D eigenvalue weighted by molar-refractivity contribution is 9.10. The predicted octanol–water partition coefficient (Wildman–Crippen LogP) is 6.10. The minimum absolute atomic E-state index is 0. The van der Waals surface area contributed by atoms with Crippen molar-refractivity contribution >= 4 is 49.0 Å². The Kier molecular flexibility index (Phi) is 8.72. The topological polar surface area (TPSA) is 79.5 Å². The fourth-order valence-electron chi connectivity index (χ4n) is 4.15. The molecule has 4 rings (SSSR count). The highest BCUT2D eigenvalue weighted by atomic mass is 79.9. The van der Waals surface area contributed by atoms with Crippen LogP contribution in [-0.4, -0.2) is 34.0 Å². The number of carbonyl (C=O) groups is 1. The van der Waals surface area contributed by atoms with E-state index in [1.807, 2.05) is 31.0 Å². The SMILES string of the molecule is C.CC.CC(=O)N1CCC(=C2c3cc(N)c(O)c(Br)c3CCc3cc(Br)cnc32)CC1. The Morgan fingerprint density at radius 3 is 2.39 bits per heavy atom. The van der Waals surface area contributed by atoms with E-state index in [1.165, 1.54) is 11.1 Å². The van der Waals surface area contributed by atoms with Crippen molar-refractivity contribution in [1.29, 1.82) is 0 Å². The van der Waals surface area contributed by atoms with E-state index in [-0.39, 0.29) is 19.1 Å².